The molecule has 3 fully saturated rings. The lowest BCUT2D eigenvalue weighted by atomic mass is 10.1. The van der Waals surface area contributed by atoms with Gasteiger partial charge in [0.25, 0.3) is 0 Å². The Morgan fingerprint density at radius 2 is 1.95 bits per heavy atom. The number of nitrogens with zero attached hydrogens (tertiary/aromatic N) is 2. The highest BCUT2D eigenvalue weighted by Gasteiger charge is 2.31. The van der Waals surface area contributed by atoms with Gasteiger partial charge in [-0.15, -0.1) is 0 Å². The molecule has 3 nitrogen and oxygen atoms in total. The molecule has 1 unspecified atom stereocenters. The van der Waals surface area contributed by atoms with Crippen LogP contribution in [-0.2, 0) is 6.54 Å². The summed E-state index contributed by atoms with van der Waals surface area (Å²) in [5.74, 6) is 0. The molecule has 2 aliphatic heterocycles. The van der Waals surface area contributed by atoms with Crippen molar-refractivity contribution in [2.75, 3.05) is 31.1 Å². The van der Waals surface area contributed by atoms with Crippen LogP contribution in [-0.4, -0.2) is 43.2 Å². The first-order valence-corrected chi connectivity index (χ1v) is 8.20. The maximum atomic E-state index is 3.66. The largest absolute Gasteiger partial charge is 0.368 e. The van der Waals surface area contributed by atoms with Crippen LogP contribution in [0.25, 0.3) is 0 Å². The van der Waals surface area contributed by atoms with E-state index in [0.717, 1.165) is 18.6 Å². The summed E-state index contributed by atoms with van der Waals surface area (Å²) in [6, 6.07) is 10.6. The number of fused-ring (bicyclic) bond motifs is 1. The van der Waals surface area contributed by atoms with E-state index in [4.69, 9.17) is 0 Å². The molecular formula is C17H25N3. The van der Waals surface area contributed by atoms with E-state index < -0.39 is 0 Å². The molecule has 0 spiro atoms. The third-order valence-electron chi connectivity index (χ3n) is 5.08. The van der Waals surface area contributed by atoms with Gasteiger partial charge in [0.1, 0.15) is 0 Å². The summed E-state index contributed by atoms with van der Waals surface area (Å²) in [7, 11) is 0. The molecule has 3 aliphatic rings. The molecule has 1 aromatic rings. The molecule has 2 heterocycles. The Bertz CT molecular complexity index is 469. The van der Waals surface area contributed by atoms with Crippen molar-refractivity contribution in [3.63, 3.8) is 0 Å². The minimum absolute atomic E-state index is 0.787. The number of para-hydroxylation sites is 1. The predicted molar refractivity (Wildman–Crippen MR) is 83.1 cm³/mol. The van der Waals surface area contributed by atoms with E-state index in [1.54, 1.807) is 0 Å². The molecule has 108 valence electrons. The molecule has 0 bridgehead atoms. The highest BCUT2D eigenvalue weighted by molar-refractivity contribution is 5.54. The number of nitrogens with one attached hydrogen (secondary N) is 1. The first kappa shape index (κ1) is 12.7. The van der Waals surface area contributed by atoms with E-state index in [1.807, 2.05) is 0 Å². The number of anilines is 1. The number of hydrogen-bond acceptors (Lipinski definition) is 3. The second-order valence-electron chi connectivity index (χ2n) is 6.56. The fraction of sp³-hybridized carbons (Fsp3) is 0.647. The number of rotatable bonds is 4. The molecule has 4 rings (SSSR count). The molecule has 0 amide bonds. The van der Waals surface area contributed by atoms with Gasteiger partial charge in [-0.05, 0) is 43.9 Å². The van der Waals surface area contributed by atoms with Crippen molar-refractivity contribution >= 4 is 5.69 Å². The van der Waals surface area contributed by atoms with Gasteiger partial charge in [-0.2, -0.15) is 0 Å². The van der Waals surface area contributed by atoms with Gasteiger partial charge in [0.2, 0.25) is 0 Å². The summed E-state index contributed by atoms with van der Waals surface area (Å²) >= 11 is 0. The van der Waals surface area contributed by atoms with Gasteiger partial charge in [0.15, 0.2) is 0 Å². The Hall–Kier alpha value is -1.06. The van der Waals surface area contributed by atoms with Crippen molar-refractivity contribution in [2.45, 2.75) is 44.3 Å². The summed E-state index contributed by atoms with van der Waals surface area (Å²) in [5.41, 5.74) is 2.94. The average Bonchev–Trinajstić information content (AvgIpc) is 3.20. The van der Waals surface area contributed by atoms with Crippen LogP contribution in [0.1, 0.15) is 31.2 Å². The van der Waals surface area contributed by atoms with E-state index in [-0.39, 0.29) is 0 Å². The second-order valence-corrected chi connectivity index (χ2v) is 6.56. The minimum atomic E-state index is 0.787. The Balaban J connectivity index is 1.48. The van der Waals surface area contributed by atoms with E-state index in [9.17, 15) is 0 Å². The average molecular weight is 271 g/mol. The molecule has 1 aromatic carbocycles. The molecule has 1 N–H and O–H groups in total. The molecular weight excluding hydrogens is 246 g/mol. The smallest absolute Gasteiger partial charge is 0.0412 e. The zero-order valence-electron chi connectivity index (χ0n) is 12.2. The van der Waals surface area contributed by atoms with Crippen molar-refractivity contribution in [1.82, 2.24) is 10.2 Å². The van der Waals surface area contributed by atoms with Gasteiger partial charge >= 0.3 is 0 Å². The normalized spacial score (nSPS) is 26.8. The predicted octanol–water partition coefficient (Wildman–Crippen LogP) is 2.22. The summed E-state index contributed by atoms with van der Waals surface area (Å²) in [6.45, 7) is 6.02. The van der Waals surface area contributed by atoms with Crippen LogP contribution in [0.15, 0.2) is 24.3 Å². The van der Waals surface area contributed by atoms with E-state index in [1.165, 1.54) is 63.1 Å². The highest BCUT2D eigenvalue weighted by Crippen LogP contribution is 2.28. The third kappa shape index (κ3) is 2.57. The van der Waals surface area contributed by atoms with Crippen LogP contribution in [0, 0.1) is 0 Å². The van der Waals surface area contributed by atoms with Crippen LogP contribution in [0.5, 0.6) is 0 Å². The van der Waals surface area contributed by atoms with Crippen molar-refractivity contribution in [2.24, 2.45) is 0 Å². The van der Waals surface area contributed by atoms with Crippen molar-refractivity contribution in [3.05, 3.63) is 29.8 Å². The zero-order chi connectivity index (χ0) is 13.4. The Kier molecular flexibility index (Phi) is 3.41. The summed E-state index contributed by atoms with van der Waals surface area (Å²) in [4.78, 5) is 5.30. The first-order valence-electron chi connectivity index (χ1n) is 8.20. The first-order chi connectivity index (χ1) is 9.90. The van der Waals surface area contributed by atoms with Crippen LogP contribution in [0.3, 0.4) is 0 Å². The molecule has 0 radical (unpaired) electrons. The molecule has 2 saturated heterocycles. The number of hydrogen-bond donors (Lipinski definition) is 1. The molecule has 1 aliphatic carbocycles. The van der Waals surface area contributed by atoms with Crippen molar-refractivity contribution in [1.29, 1.82) is 0 Å². The van der Waals surface area contributed by atoms with Crippen molar-refractivity contribution in [3.8, 4) is 0 Å². The standard InChI is InChI=1S/C17H25N3/c1-2-6-17(14(4-1)12-18-15-7-8-15)20-11-10-19-9-3-5-16(19)13-20/h1-2,4,6,15-16,18H,3,5,7-13H2. The summed E-state index contributed by atoms with van der Waals surface area (Å²) in [5, 5.41) is 3.66. The maximum Gasteiger partial charge on any atom is 0.0412 e. The van der Waals surface area contributed by atoms with Gasteiger partial charge in [-0.1, -0.05) is 18.2 Å². The van der Waals surface area contributed by atoms with Gasteiger partial charge in [-0.25, -0.2) is 0 Å². The van der Waals surface area contributed by atoms with Gasteiger partial charge in [-0.3, -0.25) is 4.90 Å². The molecule has 3 heteroatoms. The van der Waals surface area contributed by atoms with E-state index in [0.29, 0.717) is 0 Å². The lowest BCUT2D eigenvalue weighted by molar-refractivity contribution is 0.231. The maximum absolute atomic E-state index is 3.66. The SMILES string of the molecule is c1ccc(N2CCN3CCCC3C2)c(CNC2CC2)c1. The minimum Gasteiger partial charge on any atom is -0.368 e. The van der Waals surface area contributed by atoms with E-state index in [2.05, 4.69) is 39.4 Å². The Morgan fingerprint density at radius 1 is 1.05 bits per heavy atom. The zero-order valence-corrected chi connectivity index (χ0v) is 12.2. The lowest BCUT2D eigenvalue weighted by Crippen LogP contribution is -2.50. The monoisotopic (exact) mass is 271 g/mol. The van der Waals surface area contributed by atoms with Gasteiger partial charge in [0, 0.05) is 44.0 Å². The topological polar surface area (TPSA) is 18.5 Å². The van der Waals surface area contributed by atoms with Crippen molar-refractivity contribution < 1.29 is 0 Å². The quantitative estimate of drug-likeness (QED) is 0.906. The molecule has 0 aromatic heterocycles. The van der Waals surface area contributed by atoms with Crippen LogP contribution in [0.4, 0.5) is 5.69 Å². The lowest BCUT2D eigenvalue weighted by Gasteiger charge is -2.39. The summed E-state index contributed by atoms with van der Waals surface area (Å²) in [6.07, 6.45) is 5.51. The molecule has 1 saturated carbocycles. The molecule has 1 atom stereocenters. The van der Waals surface area contributed by atoms with Crippen LogP contribution < -0.4 is 10.2 Å². The molecule has 20 heavy (non-hydrogen) atoms. The van der Waals surface area contributed by atoms with Gasteiger partial charge in [0.05, 0.1) is 0 Å². The Labute approximate surface area is 121 Å². The van der Waals surface area contributed by atoms with Crippen LogP contribution in [0.2, 0.25) is 0 Å². The Morgan fingerprint density at radius 3 is 2.85 bits per heavy atom. The second kappa shape index (κ2) is 5.38. The highest BCUT2D eigenvalue weighted by atomic mass is 15.3. The third-order valence-corrected chi connectivity index (χ3v) is 5.08. The van der Waals surface area contributed by atoms with E-state index >= 15 is 0 Å². The fourth-order valence-corrected chi connectivity index (χ4v) is 3.72. The number of piperazine rings is 1. The number of benzene rings is 1. The van der Waals surface area contributed by atoms with Crippen LogP contribution >= 0.6 is 0 Å². The fourth-order valence-electron chi connectivity index (χ4n) is 3.72. The summed E-state index contributed by atoms with van der Waals surface area (Å²) < 4.78 is 0. The van der Waals surface area contributed by atoms with Gasteiger partial charge < -0.3 is 10.2 Å².